The van der Waals surface area contributed by atoms with E-state index in [-0.39, 0.29) is 6.26 Å². The molecule has 0 bridgehead atoms. The Morgan fingerprint density at radius 1 is 1.56 bits per heavy atom. The van der Waals surface area contributed by atoms with E-state index in [0.717, 1.165) is 7.11 Å². The smallest absolute Gasteiger partial charge is 0.437 e. The Labute approximate surface area is 49.9 Å². The lowest BCUT2D eigenvalue weighted by atomic mass is 11.0. The monoisotopic (exact) mass is 138 g/mol. The van der Waals surface area contributed by atoms with Crippen molar-refractivity contribution in [3.63, 3.8) is 0 Å². The lowest BCUT2D eigenvalue weighted by Gasteiger charge is -1.91. The fourth-order valence-electron chi connectivity index (χ4n) is 0.141. The van der Waals surface area contributed by atoms with Gasteiger partial charge < -0.3 is 9.47 Å². The highest BCUT2D eigenvalue weighted by Gasteiger charge is 1.97. The van der Waals surface area contributed by atoms with Gasteiger partial charge >= 0.3 is 12.2 Å². The van der Waals surface area contributed by atoms with Crippen LogP contribution in [0, 0.1) is 0 Å². The Morgan fingerprint density at radius 2 is 2.11 bits per heavy atom. The van der Waals surface area contributed by atoms with Crippen molar-refractivity contribution in [2.45, 2.75) is 0 Å². The largest absolute Gasteiger partial charge is 0.513 e. The number of ether oxygens (including phenoxy) is 2. The van der Waals surface area contributed by atoms with E-state index in [1.165, 1.54) is 0 Å². The highest BCUT2D eigenvalue weighted by Crippen LogP contribution is 1.96. The summed E-state index contributed by atoms with van der Waals surface area (Å²) in [5.74, 6) is 0. The van der Waals surface area contributed by atoms with Gasteiger partial charge in [0.05, 0.1) is 7.11 Å². The molecule has 52 valence electrons. The quantitative estimate of drug-likeness (QED) is 0.407. The summed E-state index contributed by atoms with van der Waals surface area (Å²) in [4.78, 5) is 9.89. The average molecular weight is 138 g/mol. The minimum Gasteiger partial charge on any atom is -0.437 e. The van der Waals surface area contributed by atoms with E-state index in [1.54, 1.807) is 0 Å². The molecule has 9 heavy (non-hydrogen) atoms. The number of rotatable bonds is 1. The van der Waals surface area contributed by atoms with Crippen LogP contribution in [0.4, 0.5) is 13.6 Å². The molecule has 0 aliphatic heterocycles. The first-order chi connectivity index (χ1) is 4.16. The Balaban J connectivity index is 3.50. The van der Waals surface area contributed by atoms with E-state index in [1.807, 2.05) is 0 Å². The van der Waals surface area contributed by atoms with Gasteiger partial charge in [0.2, 0.25) is 0 Å². The molecule has 0 aliphatic carbocycles. The summed E-state index contributed by atoms with van der Waals surface area (Å²) in [5.41, 5.74) is 0. The van der Waals surface area contributed by atoms with E-state index in [2.05, 4.69) is 9.47 Å². The molecule has 3 nitrogen and oxygen atoms in total. The Morgan fingerprint density at radius 3 is 2.44 bits per heavy atom. The van der Waals surface area contributed by atoms with Gasteiger partial charge in [0.25, 0.3) is 0 Å². The van der Waals surface area contributed by atoms with Crippen molar-refractivity contribution in [1.82, 2.24) is 0 Å². The van der Waals surface area contributed by atoms with Crippen molar-refractivity contribution in [2.75, 3.05) is 7.11 Å². The molecule has 0 saturated heterocycles. The number of hydrogen-bond donors (Lipinski definition) is 0. The molecule has 0 aromatic carbocycles. The second-order valence-corrected chi connectivity index (χ2v) is 0.979. The van der Waals surface area contributed by atoms with Crippen LogP contribution in [0.2, 0.25) is 0 Å². The van der Waals surface area contributed by atoms with Gasteiger partial charge in [-0.15, -0.1) is 0 Å². The molecule has 5 heteroatoms. The normalized spacial score (nSPS) is 7.89. The van der Waals surface area contributed by atoms with Gasteiger partial charge in [-0.2, -0.15) is 8.78 Å². The highest BCUT2D eigenvalue weighted by atomic mass is 19.3. The average Bonchev–Trinajstić information content (AvgIpc) is 1.83. The first-order valence-electron chi connectivity index (χ1n) is 1.92. The number of hydrogen-bond acceptors (Lipinski definition) is 3. The van der Waals surface area contributed by atoms with Gasteiger partial charge in [0, 0.05) is 0 Å². The van der Waals surface area contributed by atoms with Crippen LogP contribution in [0.15, 0.2) is 12.3 Å². The Bertz CT molecular complexity index is 128. The molecule has 0 heterocycles. The van der Waals surface area contributed by atoms with Crippen LogP contribution in [-0.4, -0.2) is 13.3 Å². The molecule has 0 aromatic rings. The second-order valence-electron chi connectivity index (χ2n) is 0.979. The first kappa shape index (κ1) is 7.87. The lowest BCUT2D eigenvalue weighted by Crippen LogP contribution is -1.97. The minimum absolute atomic E-state index is 0.00579. The van der Waals surface area contributed by atoms with Crippen LogP contribution in [0.1, 0.15) is 0 Å². The number of carbonyl (C=O) groups excluding carboxylic acids is 1. The van der Waals surface area contributed by atoms with Crippen molar-refractivity contribution in [3.05, 3.63) is 12.3 Å². The van der Waals surface area contributed by atoms with Gasteiger partial charge in [-0.05, 0) is 0 Å². The summed E-state index contributed by atoms with van der Waals surface area (Å²) >= 11 is 0. The molecule has 0 rings (SSSR count). The second kappa shape index (κ2) is 3.82. The highest BCUT2D eigenvalue weighted by molar-refractivity contribution is 5.60. The molecule has 0 aliphatic rings. The van der Waals surface area contributed by atoms with Crippen LogP contribution in [0.5, 0.6) is 0 Å². The maximum Gasteiger partial charge on any atom is 0.513 e. The van der Waals surface area contributed by atoms with E-state index in [4.69, 9.17) is 0 Å². The van der Waals surface area contributed by atoms with Crippen molar-refractivity contribution < 1.29 is 23.0 Å². The molecule has 0 atom stereocenters. The van der Waals surface area contributed by atoms with Crippen molar-refractivity contribution in [1.29, 1.82) is 0 Å². The third-order valence-electron chi connectivity index (χ3n) is 0.411. The topological polar surface area (TPSA) is 35.5 Å². The number of carbonyl (C=O) groups is 1. The van der Waals surface area contributed by atoms with E-state index in [9.17, 15) is 13.6 Å². The van der Waals surface area contributed by atoms with Crippen LogP contribution in [0.25, 0.3) is 0 Å². The number of halogens is 2. The standard InChI is InChI=1S/C4H4F2O3/c1-8-4(7)9-2-3(5)6/h2H,1H3. The molecule has 0 fully saturated rings. The predicted molar refractivity (Wildman–Crippen MR) is 23.8 cm³/mol. The summed E-state index contributed by atoms with van der Waals surface area (Å²) in [6, 6.07) is 0. The third-order valence-corrected chi connectivity index (χ3v) is 0.411. The van der Waals surface area contributed by atoms with Crippen LogP contribution in [-0.2, 0) is 9.47 Å². The summed E-state index contributed by atoms with van der Waals surface area (Å²) in [5, 5.41) is 0. The van der Waals surface area contributed by atoms with Crippen molar-refractivity contribution in [2.24, 2.45) is 0 Å². The van der Waals surface area contributed by atoms with Crippen LogP contribution in [0.3, 0.4) is 0 Å². The summed E-state index contributed by atoms with van der Waals surface area (Å²) in [7, 11) is 1.02. The van der Waals surface area contributed by atoms with Crippen LogP contribution < -0.4 is 0 Å². The summed E-state index contributed by atoms with van der Waals surface area (Å²) in [6.45, 7) is 0. The minimum atomic E-state index is -2.08. The molecule has 0 N–H and O–H groups in total. The maximum absolute atomic E-state index is 11.1. The third kappa shape index (κ3) is 4.73. The lowest BCUT2D eigenvalue weighted by molar-refractivity contribution is 0.102. The Kier molecular flexibility index (Phi) is 3.34. The van der Waals surface area contributed by atoms with Gasteiger partial charge in [0.1, 0.15) is 0 Å². The Hall–Kier alpha value is -1.13. The van der Waals surface area contributed by atoms with Gasteiger partial charge in [-0.3, -0.25) is 0 Å². The molecule has 0 saturated carbocycles. The van der Waals surface area contributed by atoms with Crippen molar-refractivity contribution in [3.8, 4) is 0 Å². The van der Waals surface area contributed by atoms with E-state index in [0.29, 0.717) is 0 Å². The fraction of sp³-hybridized carbons (Fsp3) is 0.250. The fourth-order valence-corrected chi connectivity index (χ4v) is 0.141. The molecule has 0 aromatic heterocycles. The zero-order valence-electron chi connectivity index (χ0n) is 4.56. The van der Waals surface area contributed by atoms with Crippen LogP contribution >= 0.6 is 0 Å². The SMILES string of the molecule is COC(=O)OC=C(F)F. The molecule has 0 amide bonds. The van der Waals surface area contributed by atoms with E-state index >= 15 is 0 Å². The van der Waals surface area contributed by atoms with E-state index < -0.39 is 12.2 Å². The predicted octanol–water partition coefficient (Wildman–Crippen LogP) is 1.51. The zero-order valence-corrected chi connectivity index (χ0v) is 4.56. The number of methoxy groups -OCH3 is 1. The summed E-state index contributed by atoms with van der Waals surface area (Å²) in [6.07, 6.45) is -3.24. The maximum atomic E-state index is 11.1. The first-order valence-corrected chi connectivity index (χ1v) is 1.92. The van der Waals surface area contributed by atoms with Gasteiger partial charge in [-0.1, -0.05) is 0 Å². The molecule has 0 unspecified atom stereocenters. The zero-order chi connectivity index (χ0) is 7.28. The van der Waals surface area contributed by atoms with Crippen molar-refractivity contribution >= 4 is 6.16 Å². The summed E-state index contributed by atoms with van der Waals surface area (Å²) < 4.78 is 29.7. The molecular weight excluding hydrogens is 134 g/mol. The van der Waals surface area contributed by atoms with Gasteiger partial charge in [-0.25, -0.2) is 4.79 Å². The molecular formula is C4H4F2O3. The van der Waals surface area contributed by atoms with Gasteiger partial charge in [0.15, 0.2) is 6.26 Å². The molecule has 0 spiro atoms. The molecule has 0 radical (unpaired) electrons.